The first-order valence-electron chi connectivity index (χ1n) is 7.83. The van der Waals surface area contributed by atoms with Gasteiger partial charge in [-0.15, -0.1) is 0 Å². The average Bonchev–Trinajstić information content (AvgIpc) is 2.59. The summed E-state index contributed by atoms with van der Waals surface area (Å²) in [5, 5.41) is 12.8. The second-order valence-electron chi connectivity index (χ2n) is 5.86. The minimum atomic E-state index is -0.269. The number of rotatable bonds is 3. The molecule has 24 heavy (non-hydrogen) atoms. The van der Waals surface area contributed by atoms with Gasteiger partial charge in [-0.25, -0.2) is 4.39 Å². The van der Waals surface area contributed by atoms with E-state index in [1.54, 1.807) is 29.2 Å². The van der Waals surface area contributed by atoms with Gasteiger partial charge in [-0.05, 0) is 43.2 Å². The van der Waals surface area contributed by atoms with Crippen LogP contribution in [-0.4, -0.2) is 35.0 Å². The summed E-state index contributed by atoms with van der Waals surface area (Å²) in [7, 11) is 0. The van der Waals surface area contributed by atoms with Crippen molar-refractivity contribution in [3.63, 3.8) is 0 Å². The van der Waals surface area contributed by atoms with Crippen LogP contribution in [0.2, 0.25) is 5.02 Å². The number of piperidine rings is 1. The summed E-state index contributed by atoms with van der Waals surface area (Å²) in [6.07, 6.45) is 1.48. The highest BCUT2D eigenvalue weighted by molar-refractivity contribution is 6.32. The molecule has 1 aliphatic heterocycles. The maximum atomic E-state index is 13.7. The molecule has 1 aliphatic rings. The molecule has 126 valence electrons. The summed E-state index contributed by atoms with van der Waals surface area (Å²) in [5.41, 5.74) is 0.950. The van der Waals surface area contributed by atoms with Gasteiger partial charge in [0.1, 0.15) is 11.6 Å². The van der Waals surface area contributed by atoms with Crippen LogP contribution in [0.5, 0.6) is 5.75 Å². The van der Waals surface area contributed by atoms with Gasteiger partial charge >= 0.3 is 0 Å². The van der Waals surface area contributed by atoms with E-state index in [1.165, 1.54) is 18.2 Å². The molecule has 1 fully saturated rings. The van der Waals surface area contributed by atoms with Gasteiger partial charge in [0.2, 0.25) is 0 Å². The van der Waals surface area contributed by atoms with Crippen LogP contribution >= 0.6 is 11.6 Å². The number of anilines is 1. The van der Waals surface area contributed by atoms with Gasteiger partial charge < -0.3 is 15.3 Å². The fraction of sp³-hybridized carbons (Fsp3) is 0.278. The van der Waals surface area contributed by atoms with E-state index in [-0.39, 0.29) is 28.5 Å². The molecule has 0 aromatic heterocycles. The highest BCUT2D eigenvalue weighted by Crippen LogP contribution is 2.25. The minimum absolute atomic E-state index is 0.0407. The molecular weight excluding hydrogens is 331 g/mol. The van der Waals surface area contributed by atoms with Crippen molar-refractivity contribution in [3.05, 3.63) is 58.9 Å². The number of carbonyl (C=O) groups excluding carboxylic acids is 1. The third-order valence-corrected chi connectivity index (χ3v) is 4.51. The van der Waals surface area contributed by atoms with Crippen LogP contribution in [0.4, 0.5) is 10.1 Å². The number of hydrogen-bond donors (Lipinski definition) is 2. The Morgan fingerprint density at radius 1 is 1.21 bits per heavy atom. The molecule has 1 amide bonds. The zero-order valence-electron chi connectivity index (χ0n) is 13.0. The number of hydrogen-bond acceptors (Lipinski definition) is 3. The summed E-state index contributed by atoms with van der Waals surface area (Å²) >= 11 is 5.86. The van der Waals surface area contributed by atoms with E-state index in [4.69, 9.17) is 11.6 Å². The van der Waals surface area contributed by atoms with Gasteiger partial charge in [0.15, 0.2) is 0 Å². The van der Waals surface area contributed by atoms with Crippen LogP contribution in [0, 0.1) is 5.82 Å². The minimum Gasteiger partial charge on any atom is -0.506 e. The summed E-state index contributed by atoms with van der Waals surface area (Å²) in [4.78, 5) is 14.2. The Hall–Kier alpha value is -2.27. The molecule has 4 nitrogen and oxygen atoms in total. The number of amides is 1. The lowest BCUT2D eigenvalue weighted by atomic mass is 10.0. The Balaban J connectivity index is 1.59. The molecule has 6 heteroatoms. The maximum absolute atomic E-state index is 13.7. The molecule has 1 saturated heterocycles. The van der Waals surface area contributed by atoms with Gasteiger partial charge in [0.25, 0.3) is 5.91 Å². The number of phenolic OH excluding ortho intramolecular Hbond substituents is 1. The number of nitrogens with one attached hydrogen (secondary N) is 1. The van der Waals surface area contributed by atoms with Crippen LogP contribution in [-0.2, 0) is 0 Å². The Morgan fingerprint density at radius 2 is 1.92 bits per heavy atom. The Morgan fingerprint density at radius 3 is 2.58 bits per heavy atom. The predicted octanol–water partition coefficient (Wildman–Crippen LogP) is 3.90. The second kappa shape index (κ2) is 7.09. The Labute approximate surface area is 144 Å². The van der Waals surface area contributed by atoms with E-state index >= 15 is 0 Å². The first-order chi connectivity index (χ1) is 11.5. The molecule has 2 N–H and O–H groups in total. The van der Waals surface area contributed by atoms with Crippen molar-refractivity contribution in [3.8, 4) is 5.75 Å². The lowest BCUT2D eigenvalue weighted by Crippen LogP contribution is -2.42. The highest BCUT2D eigenvalue weighted by atomic mass is 35.5. The zero-order chi connectivity index (χ0) is 17.1. The van der Waals surface area contributed by atoms with Crippen molar-refractivity contribution < 1.29 is 14.3 Å². The number of carbonyl (C=O) groups is 1. The first kappa shape index (κ1) is 16.6. The summed E-state index contributed by atoms with van der Waals surface area (Å²) in [5.74, 6) is -0.419. The van der Waals surface area contributed by atoms with Crippen LogP contribution in [0.15, 0.2) is 42.5 Å². The topological polar surface area (TPSA) is 52.6 Å². The monoisotopic (exact) mass is 348 g/mol. The number of nitrogens with zero attached hydrogens (tertiary/aromatic N) is 1. The van der Waals surface area contributed by atoms with Gasteiger partial charge in [0, 0.05) is 24.7 Å². The third kappa shape index (κ3) is 3.62. The number of para-hydroxylation sites is 1. The zero-order valence-corrected chi connectivity index (χ0v) is 13.8. The second-order valence-corrected chi connectivity index (χ2v) is 6.26. The van der Waals surface area contributed by atoms with E-state index in [2.05, 4.69) is 5.32 Å². The van der Waals surface area contributed by atoms with Crippen molar-refractivity contribution in [2.45, 2.75) is 18.9 Å². The molecule has 0 radical (unpaired) electrons. The Bertz CT molecular complexity index is 746. The van der Waals surface area contributed by atoms with Crippen molar-refractivity contribution in [1.82, 2.24) is 4.90 Å². The first-order valence-corrected chi connectivity index (χ1v) is 8.21. The van der Waals surface area contributed by atoms with Crippen molar-refractivity contribution in [2.75, 3.05) is 18.4 Å². The normalized spacial score (nSPS) is 15.3. The molecule has 2 aromatic carbocycles. The summed E-state index contributed by atoms with van der Waals surface area (Å²) in [6, 6.07) is 11.2. The number of benzene rings is 2. The molecule has 0 saturated carbocycles. The maximum Gasteiger partial charge on any atom is 0.253 e. The van der Waals surface area contributed by atoms with E-state index in [9.17, 15) is 14.3 Å². The molecule has 2 aromatic rings. The number of aromatic hydroxyl groups is 1. The van der Waals surface area contributed by atoms with Crippen molar-refractivity contribution in [2.24, 2.45) is 0 Å². The standard InChI is InChI=1S/C18H18ClFN2O2/c19-14-11-12(5-6-17(14)23)18(24)22-9-7-13(8-10-22)21-16-4-2-1-3-15(16)20/h1-6,11,13,21,23H,7-10H2. The van der Waals surface area contributed by atoms with Crippen LogP contribution < -0.4 is 5.32 Å². The summed E-state index contributed by atoms with van der Waals surface area (Å²) < 4.78 is 13.7. The van der Waals surface area contributed by atoms with E-state index in [1.807, 2.05) is 0 Å². The van der Waals surface area contributed by atoms with Crippen LogP contribution in [0.3, 0.4) is 0 Å². The van der Waals surface area contributed by atoms with E-state index in [0.29, 0.717) is 24.3 Å². The molecule has 0 bridgehead atoms. The van der Waals surface area contributed by atoms with Gasteiger partial charge in [-0.1, -0.05) is 23.7 Å². The Kier molecular flexibility index (Phi) is 4.90. The van der Waals surface area contributed by atoms with Gasteiger partial charge in [0.05, 0.1) is 10.7 Å². The molecule has 0 unspecified atom stereocenters. The molecule has 1 heterocycles. The SMILES string of the molecule is O=C(c1ccc(O)c(Cl)c1)N1CCC(Nc2ccccc2F)CC1. The molecule has 0 aliphatic carbocycles. The van der Waals surface area contributed by atoms with E-state index in [0.717, 1.165) is 12.8 Å². The smallest absolute Gasteiger partial charge is 0.253 e. The lowest BCUT2D eigenvalue weighted by molar-refractivity contribution is 0.0718. The number of likely N-dealkylation sites (tertiary alicyclic amines) is 1. The average molecular weight is 349 g/mol. The fourth-order valence-corrected chi connectivity index (χ4v) is 3.03. The van der Waals surface area contributed by atoms with Crippen LogP contribution in [0.1, 0.15) is 23.2 Å². The molecular formula is C18H18ClFN2O2. The van der Waals surface area contributed by atoms with E-state index < -0.39 is 0 Å². The molecule has 0 atom stereocenters. The summed E-state index contributed by atoms with van der Waals surface area (Å²) in [6.45, 7) is 1.17. The largest absolute Gasteiger partial charge is 0.506 e. The molecule has 0 spiro atoms. The van der Waals surface area contributed by atoms with Gasteiger partial charge in [-0.3, -0.25) is 4.79 Å². The van der Waals surface area contributed by atoms with Crippen molar-refractivity contribution in [1.29, 1.82) is 0 Å². The van der Waals surface area contributed by atoms with Crippen LogP contribution in [0.25, 0.3) is 0 Å². The van der Waals surface area contributed by atoms with Crippen molar-refractivity contribution >= 4 is 23.2 Å². The third-order valence-electron chi connectivity index (χ3n) is 4.21. The van der Waals surface area contributed by atoms with Gasteiger partial charge in [-0.2, -0.15) is 0 Å². The molecule has 3 rings (SSSR count). The predicted molar refractivity (Wildman–Crippen MR) is 92.1 cm³/mol. The number of halogens is 2. The highest BCUT2D eigenvalue weighted by Gasteiger charge is 2.24. The number of phenols is 1. The lowest BCUT2D eigenvalue weighted by Gasteiger charge is -2.33. The fourth-order valence-electron chi connectivity index (χ4n) is 2.85. The quantitative estimate of drug-likeness (QED) is 0.884.